The molecule has 2 saturated heterocycles. The van der Waals surface area contributed by atoms with Crippen molar-refractivity contribution in [3.05, 3.63) is 94.6 Å². The second-order valence-corrected chi connectivity index (χ2v) is 16.7. The van der Waals surface area contributed by atoms with Crippen molar-refractivity contribution in [3.63, 3.8) is 0 Å². The largest absolute Gasteiger partial charge is 0.493 e. The van der Waals surface area contributed by atoms with Crippen LogP contribution < -0.4 is 18.9 Å². The number of hydrogen-bond acceptors (Lipinski definition) is 10. The number of methoxy groups -OCH3 is 4. The molecule has 4 aliphatic heterocycles. The fraction of sp³-hybridized carbons (Fsp3) is 0.440. The van der Waals surface area contributed by atoms with Gasteiger partial charge in [0.25, 0.3) is 0 Å². The van der Waals surface area contributed by atoms with Crippen LogP contribution in [0.5, 0.6) is 23.0 Å². The second-order valence-electron chi connectivity index (χ2n) is 16.7. The molecule has 0 spiro atoms. The van der Waals surface area contributed by atoms with Gasteiger partial charge in [-0.15, -0.1) is 0 Å². The first-order valence-corrected chi connectivity index (χ1v) is 22.0. The minimum absolute atomic E-state index is 0.700. The third-order valence-electron chi connectivity index (χ3n) is 11.7. The van der Waals surface area contributed by atoms with Crippen LogP contribution in [0, 0.1) is 13.8 Å². The number of likely N-dealkylation sites (tertiary alicyclic amines) is 2. The van der Waals surface area contributed by atoms with Crippen LogP contribution in [0.3, 0.4) is 0 Å². The lowest BCUT2D eigenvalue weighted by molar-refractivity contribution is 0.221. The van der Waals surface area contributed by atoms with E-state index in [4.69, 9.17) is 18.9 Å². The van der Waals surface area contributed by atoms with Gasteiger partial charge in [0.1, 0.15) is 11.6 Å². The summed E-state index contributed by atoms with van der Waals surface area (Å²) in [6.07, 6.45) is 10.2. The second kappa shape index (κ2) is 20.9. The topological polar surface area (TPSA) is 125 Å². The summed E-state index contributed by atoms with van der Waals surface area (Å²) in [6, 6.07) is 21.0. The highest BCUT2D eigenvalue weighted by Gasteiger charge is 2.17. The summed E-state index contributed by atoms with van der Waals surface area (Å²) in [6.45, 7) is 15.3. The number of rotatable bonds is 8. The molecule has 12 heteroatoms. The van der Waals surface area contributed by atoms with Gasteiger partial charge in [0, 0.05) is 55.6 Å². The number of fused-ring (bicyclic) bond motifs is 4. The maximum absolute atomic E-state index is 5.22. The van der Waals surface area contributed by atoms with E-state index in [0.29, 0.717) is 11.5 Å². The number of aromatic nitrogens is 4. The molecule has 0 saturated carbocycles. The first-order valence-electron chi connectivity index (χ1n) is 22.0. The van der Waals surface area contributed by atoms with Crippen molar-refractivity contribution in [2.24, 2.45) is 9.98 Å². The molecule has 2 aromatic heterocycles. The van der Waals surface area contributed by atoms with Crippen molar-refractivity contribution in [2.45, 2.75) is 92.2 Å². The molecule has 0 atom stereocenters. The number of nitrogens with one attached hydrogen (secondary N) is 2. The van der Waals surface area contributed by atoms with Crippen molar-refractivity contribution in [2.75, 3.05) is 54.6 Å². The number of aromatic amines is 2. The van der Waals surface area contributed by atoms with Crippen molar-refractivity contribution in [3.8, 4) is 23.0 Å². The Kier molecular flexibility index (Phi) is 14.9. The lowest BCUT2D eigenvalue weighted by atomic mass is 10.0. The Hall–Kier alpha value is -5.72. The number of aryl methyl sites for hydroxylation is 2. The zero-order valence-electron chi connectivity index (χ0n) is 38.0. The van der Waals surface area contributed by atoms with Gasteiger partial charge in [0.05, 0.1) is 61.9 Å². The summed E-state index contributed by atoms with van der Waals surface area (Å²) >= 11 is 0. The molecule has 62 heavy (non-hydrogen) atoms. The Morgan fingerprint density at radius 2 is 0.952 bits per heavy atom. The van der Waals surface area contributed by atoms with Crippen LogP contribution in [-0.2, 0) is 25.9 Å². The predicted molar refractivity (Wildman–Crippen MR) is 252 cm³/mol. The van der Waals surface area contributed by atoms with E-state index in [9.17, 15) is 0 Å². The molecule has 10 rings (SSSR count). The fourth-order valence-corrected chi connectivity index (χ4v) is 8.68. The summed E-state index contributed by atoms with van der Waals surface area (Å²) in [5, 5.41) is 0. The van der Waals surface area contributed by atoms with Crippen molar-refractivity contribution >= 4 is 44.9 Å². The van der Waals surface area contributed by atoms with Crippen LogP contribution in [0.2, 0.25) is 0 Å². The molecule has 0 bridgehead atoms. The third-order valence-corrected chi connectivity index (χ3v) is 11.7. The van der Waals surface area contributed by atoms with Gasteiger partial charge in [-0.3, -0.25) is 19.8 Å². The van der Waals surface area contributed by atoms with Gasteiger partial charge in [-0.1, -0.05) is 31.0 Å². The van der Waals surface area contributed by atoms with Crippen LogP contribution in [-0.4, -0.2) is 95.8 Å². The fourth-order valence-electron chi connectivity index (χ4n) is 8.68. The van der Waals surface area contributed by atoms with Crippen molar-refractivity contribution < 1.29 is 18.9 Å². The number of aliphatic imine (C=N–C) groups is 2. The average molecular weight is 841 g/mol. The van der Waals surface area contributed by atoms with E-state index in [2.05, 4.69) is 83.0 Å². The highest BCUT2D eigenvalue weighted by molar-refractivity contribution is 5.93. The highest BCUT2D eigenvalue weighted by Crippen LogP contribution is 2.38. The van der Waals surface area contributed by atoms with E-state index in [1.807, 2.05) is 45.0 Å². The van der Waals surface area contributed by atoms with E-state index in [1.165, 1.54) is 98.4 Å². The Morgan fingerprint density at radius 3 is 1.55 bits per heavy atom. The molecule has 4 aromatic carbocycles. The number of benzene rings is 4. The third kappa shape index (κ3) is 11.4. The molecular weight excluding hydrogens is 777 g/mol. The molecule has 2 fully saturated rings. The zero-order chi connectivity index (χ0) is 43.6. The zero-order valence-corrected chi connectivity index (χ0v) is 38.0. The lowest BCUT2D eigenvalue weighted by Gasteiger charge is -2.26. The summed E-state index contributed by atoms with van der Waals surface area (Å²) < 4.78 is 20.8. The lowest BCUT2D eigenvalue weighted by Crippen LogP contribution is -2.29. The number of nitrogens with zero attached hydrogens (tertiary/aromatic N) is 6. The molecule has 12 nitrogen and oxygen atoms in total. The Labute approximate surface area is 366 Å². The molecule has 2 N–H and O–H groups in total. The van der Waals surface area contributed by atoms with Crippen LogP contribution in [0.1, 0.15) is 86.3 Å². The normalized spacial score (nSPS) is 15.8. The van der Waals surface area contributed by atoms with Crippen LogP contribution in [0.15, 0.2) is 70.6 Å². The van der Waals surface area contributed by atoms with E-state index < -0.39 is 0 Å². The summed E-state index contributed by atoms with van der Waals surface area (Å²) in [4.78, 5) is 29.3. The number of ether oxygens (including phenoxy) is 4. The SMILES string of the molecule is CC1=Nc2ccc(CN3CCCCC3)cc2C1.COc1cc2c(cc1OC)N=C(C)C2.COc1cc2nc(C)[nH]c2cc1OC.Cc1nc2ccc(CN3CCCCC3)cc2[nH]1. The molecule has 6 heterocycles. The van der Waals surface area contributed by atoms with Gasteiger partial charge < -0.3 is 28.9 Å². The minimum atomic E-state index is 0.700. The smallest absolute Gasteiger partial charge is 0.163 e. The van der Waals surface area contributed by atoms with E-state index in [1.54, 1.807) is 28.4 Å². The summed E-state index contributed by atoms with van der Waals surface area (Å²) in [5.74, 6) is 4.81. The van der Waals surface area contributed by atoms with E-state index in [0.717, 1.165) is 82.5 Å². The van der Waals surface area contributed by atoms with E-state index in [-0.39, 0.29) is 0 Å². The van der Waals surface area contributed by atoms with Crippen LogP contribution in [0.4, 0.5) is 11.4 Å². The highest BCUT2D eigenvalue weighted by atomic mass is 16.5. The van der Waals surface area contributed by atoms with Gasteiger partial charge >= 0.3 is 0 Å². The molecule has 328 valence electrons. The first-order chi connectivity index (χ1) is 30.1. The Morgan fingerprint density at radius 1 is 0.484 bits per heavy atom. The Bertz CT molecular complexity index is 2470. The summed E-state index contributed by atoms with van der Waals surface area (Å²) in [5.41, 5.74) is 14.1. The molecule has 0 aliphatic carbocycles. The maximum atomic E-state index is 5.22. The molecule has 6 aromatic rings. The monoisotopic (exact) mass is 841 g/mol. The van der Waals surface area contributed by atoms with Gasteiger partial charge in [-0.05, 0) is 126 Å². The molecule has 0 radical (unpaired) electrons. The molecular formula is C50H64N8O4. The predicted octanol–water partition coefficient (Wildman–Crippen LogP) is 10.4. The van der Waals surface area contributed by atoms with E-state index >= 15 is 0 Å². The van der Waals surface area contributed by atoms with Crippen molar-refractivity contribution in [1.29, 1.82) is 0 Å². The minimum Gasteiger partial charge on any atom is -0.493 e. The van der Waals surface area contributed by atoms with Crippen molar-refractivity contribution in [1.82, 2.24) is 29.7 Å². The number of hydrogen-bond donors (Lipinski definition) is 2. The molecule has 0 unspecified atom stereocenters. The first kappa shape index (κ1) is 44.3. The van der Waals surface area contributed by atoms with Crippen LogP contribution >= 0.6 is 0 Å². The van der Waals surface area contributed by atoms with Gasteiger partial charge in [-0.2, -0.15) is 0 Å². The Balaban J connectivity index is 0.000000125. The van der Waals surface area contributed by atoms with Crippen LogP contribution in [0.25, 0.3) is 22.1 Å². The number of imidazole rings is 2. The quantitative estimate of drug-likeness (QED) is 0.155. The van der Waals surface area contributed by atoms with Gasteiger partial charge in [-0.25, -0.2) is 9.97 Å². The molecule has 0 amide bonds. The summed E-state index contributed by atoms with van der Waals surface area (Å²) in [7, 11) is 6.51. The number of piperidine rings is 2. The number of H-pyrrole nitrogens is 2. The standard InChI is InChI=1S/C15H20N2.C14H19N3.C11H13NO2.C10H12N2O2/c1-12-9-14-10-13(5-6-15(14)16-12)11-17-7-3-2-4-8-17;1-11-15-13-6-5-12(9-14(13)16-11)10-17-7-3-2-4-8-17;1-7-4-8-5-10(13-2)11(14-3)6-9(8)12-7;1-6-11-7-4-9(13-2)10(14-3)5-8(7)12-6/h5-6,10H,2-4,7-9,11H2,1H3;5-6,9H,2-4,7-8,10H2,1H3,(H,15,16);5-6H,4H2,1-3H3;4-5H,1-3H3,(H,11,12). The average Bonchev–Trinajstić information content (AvgIpc) is 4.05. The molecule has 4 aliphatic rings. The maximum Gasteiger partial charge on any atom is 0.163 e. The van der Waals surface area contributed by atoms with Gasteiger partial charge in [0.2, 0.25) is 0 Å². The van der Waals surface area contributed by atoms with Gasteiger partial charge in [0.15, 0.2) is 23.0 Å².